The first-order valence-corrected chi connectivity index (χ1v) is 12.1. The highest BCUT2D eigenvalue weighted by molar-refractivity contribution is 6.06. The summed E-state index contributed by atoms with van der Waals surface area (Å²) in [5, 5.41) is 14.1. The zero-order valence-corrected chi connectivity index (χ0v) is 19.6. The van der Waals surface area contributed by atoms with Gasteiger partial charge in [-0.3, -0.25) is 14.6 Å². The number of benzene rings is 2. The van der Waals surface area contributed by atoms with E-state index in [1.807, 2.05) is 54.1 Å². The number of carboxylic acids is 1. The van der Waals surface area contributed by atoms with E-state index in [4.69, 9.17) is 0 Å². The third kappa shape index (κ3) is 4.76. The van der Waals surface area contributed by atoms with Crippen molar-refractivity contribution in [2.24, 2.45) is 11.8 Å². The number of para-hydroxylation sites is 1. The van der Waals surface area contributed by atoms with Gasteiger partial charge in [-0.25, -0.2) is 4.39 Å². The lowest BCUT2D eigenvalue weighted by Gasteiger charge is -2.31. The number of hydrogen-bond donors (Lipinski definition) is 2. The lowest BCUT2D eigenvalue weighted by molar-refractivity contribution is -0.143. The zero-order chi connectivity index (χ0) is 24.5. The lowest BCUT2D eigenvalue weighted by Crippen LogP contribution is -2.40. The predicted octanol–water partition coefficient (Wildman–Crippen LogP) is 5.39. The Kier molecular flexibility index (Phi) is 6.24. The highest BCUT2D eigenvalue weighted by Gasteiger charge is 2.29. The number of pyridine rings is 1. The Bertz CT molecular complexity index is 1410. The van der Waals surface area contributed by atoms with Crippen molar-refractivity contribution in [2.75, 3.05) is 0 Å². The van der Waals surface area contributed by atoms with Gasteiger partial charge < -0.3 is 15.0 Å². The van der Waals surface area contributed by atoms with Crippen LogP contribution in [0.2, 0.25) is 0 Å². The average molecular weight is 474 g/mol. The van der Waals surface area contributed by atoms with Crippen LogP contribution in [-0.4, -0.2) is 32.6 Å². The van der Waals surface area contributed by atoms with Crippen molar-refractivity contribution < 1.29 is 19.1 Å². The molecule has 2 aromatic heterocycles. The van der Waals surface area contributed by atoms with Gasteiger partial charge in [0.2, 0.25) is 0 Å². The Morgan fingerprint density at radius 2 is 1.89 bits per heavy atom. The largest absolute Gasteiger partial charge is 0.481 e. The molecule has 7 heteroatoms. The molecule has 2 heterocycles. The van der Waals surface area contributed by atoms with E-state index in [1.54, 1.807) is 6.07 Å². The van der Waals surface area contributed by atoms with E-state index < -0.39 is 5.97 Å². The maximum Gasteiger partial charge on any atom is 0.306 e. The van der Waals surface area contributed by atoms with Gasteiger partial charge in [-0.05, 0) is 74.9 Å². The number of nitrogens with one attached hydrogen (secondary N) is 1. The lowest BCUT2D eigenvalue weighted by atomic mass is 9.79. The standard InChI is InChI=1S/C28H28FN3O3/c1-17(18-5-7-20(8-6-18)28(34)35)30-27(33)24-4-2-3-19-13-14-32(26(19)24)16-23-11-9-21-15-22(29)10-12-25(21)31-23/h2-4,9-15,17-18,20H,5-8,16H2,1H3,(H,30,33)(H,34,35)/t17?,18-,20-. The molecular weight excluding hydrogens is 445 g/mol. The summed E-state index contributed by atoms with van der Waals surface area (Å²) in [5.74, 6) is -1.14. The Balaban J connectivity index is 1.36. The minimum absolute atomic E-state index is 0.0431. The first-order chi connectivity index (χ1) is 16.9. The number of amides is 1. The summed E-state index contributed by atoms with van der Waals surface area (Å²) in [6, 6.07) is 15.9. The molecule has 0 radical (unpaired) electrons. The SMILES string of the molecule is CC(NC(=O)c1cccc2ccn(Cc3ccc4cc(F)ccc4n3)c12)[C@H]1CC[C@H](C(=O)O)CC1. The molecule has 4 aromatic rings. The molecule has 0 spiro atoms. The minimum Gasteiger partial charge on any atom is -0.481 e. The van der Waals surface area contributed by atoms with Crippen molar-refractivity contribution in [1.82, 2.24) is 14.9 Å². The number of carbonyl (C=O) groups is 2. The minimum atomic E-state index is -0.722. The van der Waals surface area contributed by atoms with Gasteiger partial charge in [0.25, 0.3) is 5.91 Å². The van der Waals surface area contributed by atoms with Crippen molar-refractivity contribution in [3.05, 3.63) is 77.9 Å². The van der Waals surface area contributed by atoms with Gasteiger partial charge >= 0.3 is 5.97 Å². The van der Waals surface area contributed by atoms with Gasteiger partial charge in [0.1, 0.15) is 5.82 Å². The fourth-order valence-corrected chi connectivity index (χ4v) is 5.25. The Labute approximate surface area is 202 Å². The fraction of sp³-hybridized carbons (Fsp3) is 0.321. The number of nitrogens with zero attached hydrogens (tertiary/aromatic N) is 2. The number of halogens is 1. The second kappa shape index (κ2) is 9.49. The summed E-state index contributed by atoms with van der Waals surface area (Å²) in [6.45, 7) is 2.49. The molecular formula is C28H28FN3O3. The van der Waals surface area contributed by atoms with Crippen molar-refractivity contribution in [3.8, 4) is 0 Å². The molecule has 180 valence electrons. The summed E-state index contributed by atoms with van der Waals surface area (Å²) < 4.78 is 15.5. The van der Waals surface area contributed by atoms with Gasteiger partial charge in [0, 0.05) is 23.0 Å². The molecule has 1 unspecified atom stereocenters. The van der Waals surface area contributed by atoms with E-state index in [2.05, 4.69) is 10.3 Å². The topological polar surface area (TPSA) is 84.2 Å². The zero-order valence-electron chi connectivity index (χ0n) is 19.6. The summed E-state index contributed by atoms with van der Waals surface area (Å²) in [6.07, 6.45) is 4.87. The van der Waals surface area contributed by atoms with Crippen LogP contribution < -0.4 is 5.32 Å². The van der Waals surface area contributed by atoms with Crippen LogP contribution in [0.15, 0.2) is 60.8 Å². The fourth-order valence-electron chi connectivity index (χ4n) is 5.25. The Hall–Kier alpha value is -3.74. The first-order valence-electron chi connectivity index (χ1n) is 12.1. The third-order valence-electron chi connectivity index (χ3n) is 7.26. The highest BCUT2D eigenvalue weighted by Crippen LogP contribution is 2.31. The quantitative estimate of drug-likeness (QED) is 0.393. The van der Waals surface area contributed by atoms with Gasteiger partial charge in [-0.2, -0.15) is 0 Å². The van der Waals surface area contributed by atoms with Gasteiger partial charge in [-0.1, -0.05) is 18.2 Å². The molecule has 0 saturated heterocycles. The molecule has 5 rings (SSSR count). The van der Waals surface area contributed by atoms with Crippen LogP contribution in [-0.2, 0) is 11.3 Å². The highest BCUT2D eigenvalue weighted by atomic mass is 19.1. The second-order valence-corrected chi connectivity index (χ2v) is 9.54. The molecule has 1 atom stereocenters. The molecule has 2 aromatic carbocycles. The molecule has 1 amide bonds. The van der Waals surface area contributed by atoms with Crippen molar-refractivity contribution >= 4 is 33.7 Å². The van der Waals surface area contributed by atoms with E-state index in [0.717, 1.165) is 40.3 Å². The molecule has 1 fully saturated rings. The molecule has 0 bridgehead atoms. The Morgan fingerprint density at radius 1 is 1.09 bits per heavy atom. The first kappa shape index (κ1) is 23.0. The van der Waals surface area contributed by atoms with Gasteiger partial charge in [0.05, 0.1) is 34.8 Å². The number of carbonyl (C=O) groups excluding carboxylic acids is 1. The van der Waals surface area contributed by atoms with Crippen LogP contribution in [0.25, 0.3) is 21.8 Å². The predicted molar refractivity (Wildman–Crippen MR) is 133 cm³/mol. The molecule has 2 N–H and O–H groups in total. The van der Waals surface area contributed by atoms with Crippen LogP contribution in [0.3, 0.4) is 0 Å². The third-order valence-corrected chi connectivity index (χ3v) is 7.26. The number of aliphatic carboxylic acids is 1. The van der Waals surface area contributed by atoms with Crippen LogP contribution in [0.4, 0.5) is 4.39 Å². The number of hydrogen-bond acceptors (Lipinski definition) is 3. The Morgan fingerprint density at radius 3 is 2.66 bits per heavy atom. The van der Waals surface area contributed by atoms with E-state index in [0.29, 0.717) is 24.9 Å². The summed E-state index contributed by atoms with van der Waals surface area (Å²) in [7, 11) is 0. The summed E-state index contributed by atoms with van der Waals surface area (Å²) in [4.78, 5) is 29.2. The smallest absolute Gasteiger partial charge is 0.306 e. The summed E-state index contributed by atoms with van der Waals surface area (Å²) >= 11 is 0. The molecule has 0 aliphatic heterocycles. The molecule has 1 aliphatic carbocycles. The maximum absolute atomic E-state index is 13.5. The number of rotatable bonds is 6. The van der Waals surface area contributed by atoms with E-state index in [-0.39, 0.29) is 29.6 Å². The number of fused-ring (bicyclic) bond motifs is 2. The van der Waals surface area contributed by atoms with E-state index in [1.165, 1.54) is 12.1 Å². The monoisotopic (exact) mass is 473 g/mol. The van der Waals surface area contributed by atoms with Crippen LogP contribution in [0, 0.1) is 17.7 Å². The van der Waals surface area contributed by atoms with Crippen LogP contribution >= 0.6 is 0 Å². The second-order valence-electron chi connectivity index (χ2n) is 9.54. The maximum atomic E-state index is 13.5. The van der Waals surface area contributed by atoms with Crippen molar-refractivity contribution in [1.29, 1.82) is 0 Å². The van der Waals surface area contributed by atoms with Crippen LogP contribution in [0.1, 0.15) is 48.7 Å². The van der Waals surface area contributed by atoms with Gasteiger partial charge in [0.15, 0.2) is 0 Å². The molecule has 1 saturated carbocycles. The number of carboxylic acid groups (broad SMARTS) is 1. The average Bonchev–Trinajstić information content (AvgIpc) is 3.27. The van der Waals surface area contributed by atoms with Crippen LogP contribution in [0.5, 0.6) is 0 Å². The van der Waals surface area contributed by atoms with Crippen molar-refractivity contribution in [2.45, 2.75) is 45.2 Å². The molecule has 6 nitrogen and oxygen atoms in total. The molecule has 1 aliphatic rings. The van der Waals surface area contributed by atoms with E-state index >= 15 is 0 Å². The summed E-state index contributed by atoms with van der Waals surface area (Å²) in [5.41, 5.74) is 2.99. The van der Waals surface area contributed by atoms with Gasteiger partial charge in [-0.15, -0.1) is 0 Å². The normalized spacial score (nSPS) is 19.0. The molecule has 35 heavy (non-hydrogen) atoms. The number of aromatic nitrogens is 2. The van der Waals surface area contributed by atoms with E-state index in [9.17, 15) is 19.1 Å². The van der Waals surface area contributed by atoms with Crippen molar-refractivity contribution in [3.63, 3.8) is 0 Å².